The zero-order valence-corrected chi connectivity index (χ0v) is 20.8. The van der Waals surface area contributed by atoms with Crippen LogP contribution in [-0.4, -0.2) is 72.5 Å². The van der Waals surface area contributed by atoms with Crippen LogP contribution in [0.5, 0.6) is 0 Å². The third-order valence-electron chi connectivity index (χ3n) is 6.04. The molecule has 190 valence electrons. The molecule has 1 saturated heterocycles. The number of ether oxygens (including phenoxy) is 1. The number of thiophene rings is 1. The lowest BCUT2D eigenvalue weighted by Crippen LogP contribution is -2.47. The lowest BCUT2D eigenvalue weighted by atomic mass is 10.1. The van der Waals surface area contributed by atoms with E-state index < -0.39 is 11.7 Å². The number of hydrogen-bond acceptors (Lipinski definition) is 5. The predicted octanol–water partition coefficient (Wildman–Crippen LogP) is 4.03. The van der Waals surface area contributed by atoms with E-state index in [4.69, 9.17) is 4.74 Å². The summed E-state index contributed by atoms with van der Waals surface area (Å²) >= 11 is 1.54. The van der Waals surface area contributed by atoms with Crippen LogP contribution in [0.4, 0.5) is 8.78 Å². The molecule has 1 fully saturated rings. The lowest BCUT2D eigenvalue weighted by Gasteiger charge is -2.31. The van der Waals surface area contributed by atoms with E-state index in [0.717, 1.165) is 23.5 Å². The summed E-state index contributed by atoms with van der Waals surface area (Å²) in [5, 5.41) is 1.94. The summed E-state index contributed by atoms with van der Waals surface area (Å²) in [6.07, 6.45) is 0. The highest BCUT2D eigenvalue weighted by Gasteiger charge is 2.24. The highest BCUT2D eigenvalue weighted by molar-refractivity contribution is 7.09. The Hall–Kier alpha value is -3.14. The van der Waals surface area contributed by atoms with E-state index in [0.29, 0.717) is 32.8 Å². The number of carbonyl (C=O) groups excluding carboxylic acids is 2. The molecular weight excluding hydrogens is 484 g/mol. The number of nitrogens with zero attached hydrogens (tertiary/aromatic N) is 3. The Bertz CT molecular complexity index is 1140. The third-order valence-corrected chi connectivity index (χ3v) is 6.90. The molecule has 0 atom stereocenters. The quantitative estimate of drug-likeness (QED) is 0.411. The molecule has 4 rings (SSSR count). The van der Waals surface area contributed by atoms with Gasteiger partial charge in [-0.25, -0.2) is 8.78 Å². The van der Waals surface area contributed by atoms with Crippen molar-refractivity contribution >= 4 is 23.2 Å². The van der Waals surface area contributed by atoms with Gasteiger partial charge in [0.2, 0.25) is 5.91 Å². The van der Waals surface area contributed by atoms with Crippen LogP contribution in [-0.2, 0) is 22.6 Å². The number of amides is 2. The monoisotopic (exact) mass is 513 g/mol. The molecule has 36 heavy (non-hydrogen) atoms. The standard InChI is InChI=1S/C27H29F2N3O3S/c28-23-8-6-21(7-9-23)18-32(19-25-5-2-16-36-25)26(33)20-31(11-10-30-12-14-35-15-13-30)27(34)22-3-1-4-24(29)17-22/h1-9,16-17H,10-15,18-20H2. The number of hydrogen-bond donors (Lipinski definition) is 0. The highest BCUT2D eigenvalue weighted by Crippen LogP contribution is 2.17. The molecule has 0 spiro atoms. The smallest absolute Gasteiger partial charge is 0.254 e. The first-order valence-electron chi connectivity index (χ1n) is 11.9. The zero-order chi connectivity index (χ0) is 25.3. The van der Waals surface area contributed by atoms with Gasteiger partial charge in [0.25, 0.3) is 5.91 Å². The first-order valence-corrected chi connectivity index (χ1v) is 12.8. The first kappa shape index (κ1) is 25.9. The summed E-state index contributed by atoms with van der Waals surface area (Å²) in [5.74, 6) is -1.48. The molecule has 3 aromatic rings. The Kier molecular flexibility index (Phi) is 9.16. The van der Waals surface area contributed by atoms with Gasteiger partial charge in [-0.3, -0.25) is 14.5 Å². The average molecular weight is 514 g/mol. The van der Waals surface area contributed by atoms with E-state index in [-0.39, 0.29) is 30.4 Å². The van der Waals surface area contributed by atoms with Crippen LogP contribution < -0.4 is 0 Å². The van der Waals surface area contributed by atoms with Crippen LogP contribution in [0.25, 0.3) is 0 Å². The normalized spacial score (nSPS) is 13.9. The van der Waals surface area contributed by atoms with Crippen molar-refractivity contribution < 1.29 is 23.1 Å². The topological polar surface area (TPSA) is 53.1 Å². The summed E-state index contributed by atoms with van der Waals surface area (Å²) in [6.45, 7) is 4.18. The van der Waals surface area contributed by atoms with E-state index in [1.165, 1.54) is 46.6 Å². The molecule has 1 aliphatic heterocycles. The number of halogens is 2. The van der Waals surface area contributed by atoms with Crippen molar-refractivity contribution in [3.8, 4) is 0 Å². The van der Waals surface area contributed by atoms with Gasteiger partial charge in [0.15, 0.2) is 0 Å². The summed E-state index contributed by atoms with van der Waals surface area (Å²) in [7, 11) is 0. The maximum Gasteiger partial charge on any atom is 0.254 e. The molecule has 6 nitrogen and oxygen atoms in total. The number of benzene rings is 2. The second kappa shape index (κ2) is 12.7. The predicted molar refractivity (Wildman–Crippen MR) is 135 cm³/mol. The molecule has 2 heterocycles. The van der Waals surface area contributed by atoms with Gasteiger partial charge in [-0.15, -0.1) is 11.3 Å². The van der Waals surface area contributed by atoms with Gasteiger partial charge in [0.05, 0.1) is 19.8 Å². The molecule has 2 aromatic carbocycles. The van der Waals surface area contributed by atoms with Crippen molar-refractivity contribution in [3.63, 3.8) is 0 Å². The fourth-order valence-electron chi connectivity index (χ4n) is 4.04. The molecule has 9 heteroatoms. The van der Waals surface area contributed by atoms with Crippen LogP contribution in [0.1, 0.15) is 20.8 Å². The van der Waals surface area contributed by atoms with Gasteiger partial charge in [0, 0.05) is 43.2 Å². The van der Waals surface area contributed by atoms with Crippen LogP contribution in [0, 0.1) is 11.6 Å². The Labute approximate surface area is 213 Å². The minimum Gasteiger partial charge on any atom is -0.379 e. The fourth-order valence-corrected chi connectivity index (χ4v) is 4.76. The van der Waals surface area contributed by atoms with E-state index in [2.05, 4.69) is 4.90 Å². The molecule has 0 N–H and O–H groups in total. The molecule has 0 radical (unpaired) electrons. The van der Waals surface area contributed by atoms with E-state index in [1.807, 2.05) is 17.5 Å². The van der Waals surface area contributed by atoms with Gasteiger partial charge >= 0.3 is 0 Å². The Balaban J connectivity index is 1.52. The molecule has 1 aromatic heterocycles. The summed E-state index contributed by atoms with van der Waals surface area (Å²) in [5.41, 5.74) is 0.991. The van der Waals surface area contributed by atoms with Crippen LogP contribution in [0.15, 0.2) is 66.0 Å². The van der Waals surface area contributed by atoms with Crippen molar-refractivity contribution in [3.05, 3.63) is 93.7 Å². The molecule has 0 saturated carbocycles. The zero-order valence-electron chi connectivity index (χ0n) is 19.9. The average Bonchev–Trinajstić information content (AvgIpc) is 3.41. The molecule has 0 bridgehead atoms. The van der Waals surface area contributed by atoms with Crippen molar-refractivity contribution in [2.45, 2.75) is 13.1 Å². The number of rotatable bonds is 10. The SMILES string of the molecule is O=C(CN(CCN1CCOCC1)C(=O)c1cccc(F)c1)N(Cc1ccc(F)cc1)Cc1cccs1. The molecule has 0 unspecified atom stereocenters. The summed E-state index contributed by atoms with van der Waals surface area (Å²) in [4.78, 5) is 33.2. The van der Waals surface area contributed by atoms with Crippen LogP contribution >= 0.6 is 11.3 Å². The highest BCUT2D eigenvalue weighted by atomic mass is 32.1. The maximum atomic E-state index is 13.8. The van der Waals surface area contributed by atoms with Crippen molar-refractivity contribution in [2.75, 3.05) is 45.9 Å². The molecule has 1 aliphatic rings. The summed E-state index contributed by atoms with van der Waals surface area (Å²) < 4.78 is 32.7. The van der Waals surface area contributed by atoms with Gasteiger partial charge in [-0.05, 0) is 47.3 Å². The van der Waals surface area contributed by atoms with Crippen molar-refractivity contribution in [1.82, 2.24) is 14.7 Å². The minimum atomic E-state index is -0.504. The van der Waals surface area contributed by atoms with Gasteiger partial charge in [-0.1, -0.05) is 24.3 Å². The van der Waals surface area contributed by atoms with Crippen LogP contribution in [0.2, 0.25) is 0 Å². The molecule has 2 amide bonds. The van der Waals surface area contributed by atoms with Gasteiger partial charge in [-0.2, -0.15) is 0 Å². The van der Waals surface area contributed by atoms with Gasteiger partial charge in [0.1, 0.15) is 18.2 Å². The molecule has 0 aliphatic carbocycles. The van der Waals surface area contributed by atoms with E-state index >= 15 is 0 Å². The van der Waals surface area contributed by atoms with Gasteiger partial charge < -0.3 is 14.5 Å². The van der Waals surface area contributed by atoms with E-state index in [1.54, 1.807) is 23.1 Å². The summed E-state index contributed by atoms with van der Waals surface area (Å²) in [6, 6.07) is 15.4. The second-order valence-electron chi connectivity index (χ2n) is 8.65. The van der Waals surface area contributed by atoms with Crippen LogP contribution in [0.3, 0.4) is 0 Å². The lowest BCUT2D eigenvalue weighted by molar-refractivity contribution is -0.133. The Morgan fingerprint density at radius 2 is 1.69 bits per heavy atom. The minimum absolute atomic E-state index is 0.147. The number of morpholine rings is 1. The second-order valence-corrected chi connectivity index (χ2v) is 9.68. The van der Waals surface area contributed by atoms with E-state index in [9.17, 15) is 18.4 Å². The number of carbonyl (C=O) groups is 2. The third kappa shape index (κ3) is 7.43. The maximum absolute atomic E-state index is 13.8. The first-order chi connectivity index (χ1) is 17.5. The van der Waals surface area contributed by atoms with Crippen molar-refractivity contribution in [1.29, 1.82) is 0 Å². The Morgan fingerprint density at radius 3 is 2.39 bits per heavy atom. The van der Waals surface area contributed by atoms with Crippen molar-refractivity contribution in [2.24, 2.45) is 0 Å². The Morgan fingerprint density at radius 1 is 0.917 bits per heavy atom. The largest absolute Gasteiger partial charge is 0.379 e. The molecular formula is C27H29F2N3O3S. The fraction of sp³-hybridized carbons (Fsp3) is 0.333.